The standard InChI is InChI=1S/C18H16N4O4/c1-11-9-16(22-26-11)21-17(23)15-10-12(7-8-19-15)20-14-6-4-3-5-13(14)18(24)25-2/h3-10H,1-2H3,(H,19,20)(H,21,22,23). The Balaban J connectivity index is 1.80. The van der Waals surface area contributed by atoms with Crippen LogP contribution < -0.4 is 10.6 Å². The van der Waals surface area contributed by atoms with Gasteiger partial charge in [0.05, 0.1) is 18.4 Å². The molecular weight excluding hydrogens is 336 g/mol. The second-order valence-corrected chi connectivity index (χ2v) is 5.37. The molecule has 0 bridgehead atoms. The number of esters is 1. The van der Waals surface area contributed by atoms with Gasteiger partial charge < -0.3 is 19.9 Å². The van der Waals surface area contributed by atoms with E-state index >= 15 is 0 Å². The lowest BCUT2D eigenvalue weighted by Crippen LogP contribution is -2.14. The van der Waals surface area contributed by atoms with Gasteiger partial charge in [0, 0.05) is 18.0 Å². The largest absolute Gasteiger partial charge is 0.465 e. The topological polar surface area (TPSA) is 106 Å². The molecule has 0 atom stereocenters. The number of aryl methyl sites for hydroxylation is 1. The summed E-state index contributed by atoms with van der Waals surface area (Å²) in [7, 11) is 1.32. The van der Waals surface area contributed by atoms with E-state index in [2.05, 4.69) is 20.8 Å². The Morgan fingerprint density at radius 3 is 2.69 bits per heavy atom. The molecule has 0 saturated carbocycles. The van der Waals surface area contributed by atoms with E-state index in [-0.39, 0.29) is 5.69 Å². The molecule has 8 heteroatoms. The SMILES string of the molecule is COC(=O)c1ccccc1Nc1ccnc(C(=O)Nc2cc(C)on2)c1. The van der Waals surface area contributed by atoms with Crippen LogP contribution in [0.2, 0.25) is 0 Å². The molecule has 0 fully saturated rings. The molecular formula is C18H16N4O4. The molecule has 0 aliphatic rings. The first-order chi connectivity index (χ1) is 12.6. The van der Waals surface area contributed by atoms with E-state index in [4.69, 9.17) is 9.26 Å². The summed E-state index contributed by atoms with van der Waals surface area (Å²) in [5, 5.41) is 9.41. The number of nitrogens with one attached hydrogen (secondary N) is 2. The van der Waals surface area contributed by atoms with Crippen LogP contribution in [0.5, 0.6) is 0 Å². The summed E-state index contributed by atoms with van der Waals surface area (Å²) in [6, 6.07) is 11.8. The van der Waals surface area contributed by atoms with Crippen LogP contribution >= 0.6 is 0 Å². The van der Waals surface area contributed by atoms with Gasteiger partial charge in [-0.15, -0.1) is 0 Å². The molecule has 2 heterocycles. The fraction of sp³-hybridized carbons (Fsp3) is 0.111. The molecule has 3 rings (SSSR count). The van der Waals surface area contributed by atoms with Crippen molar-refractivity contribution in [3.63, 3.8) is 0 Å². The third-order valence-electron chi connectivity index (χ3n) is 3.47. The molecule has 3 aromatic rings. The molecule has 0 unspecified atom stereocenters. The van der Waals surface area contributed by atoms with Gasteiger partial charge in [-0.1, -0.05) is 17.3 Å². The summed E-state index contributed by atoms with van der Waals surface area (Å²) < 4.78 is 9.68. The number of pyridine rings is 1. The second-order valence-electron chi connectivity index (χ2n) is 5.37. The van der Waals surface area contributed by atoms with Crippen molar-refractivity contribution in [2.24, 2.45) is 0 Å². The summed E-state index contributed by atoms with van der Waals surface area (Å²) >= 11 is 0. The van der Waals surface area contributed by atoms with Crippen molar-refractivity contribution >= 4 is 29.1 Å². The van der Waals surface area contributed by atoms with Gasteiger partial charge >= 0.3 is 5.97 Å². The lowest BCUT2D eigenvalue weighted by Gasteiger charge is -2.11. The van der Waals surface area contributed by atoms with E-state index in [0.717, 1.165) is 0 Å². The number of hydrogen-bond acceptors (Lipinski definition) is 7. The minimum absolute atomic E-state index is 0.186. The number of nitrogens with zero attached hydrogens (tertiary/aromatic N) is 2. The highest BCUT2D eigenvalue weighted by Gasteiger charge is 2.13. The van der Waals surface area contributed by atoms with Gasteiger partial charge in [-0.05, 0) is 31.2 Å². The van der Waals surface area contributed by atoms with E-state index in [0.29, 0.717) is 28.5 Å². The number of para-hydroxylation sites is 1. The molecule has 1 aromatic carbocycles. The first kappa shape index (κ1) is 17.2. The lowest BCUT2D eigenvalue weighted by atomic mass is 10.1. The van der Waals surface area contributed by atoms with Crippen LogP contribution in [0.15, 0.2) is 53.2 Å². The lowest BCUT2D eigenvalue weighted by molar-refractivity contribution is 0.0601. The average molecular weight is 352 g/mol. The summed E-state index contributed by atoms with van der Waals surface area (Å²) in [6.45, 7) is 1.73. The summed E-state index contributed by atoms with van der Waals surface area (Å²) in [4.78, 5) is 28.2. The first-order valence-corrected chi connectivity index (χ1v) is 7.72. The maximum atomic E-state index is 12.3. The van der Waals surface area contributed by atoms with Gasteiger partial charge in [0.2, 0.25) is 0 Å². The summed E-state index contributed by atoms with van der Waals surface area (Å²) in [6.07, 6.45) is 1.49. The number of carbonyl (C=O) groups is 2. The Hall–Kier alpha value is -3.68. The number of hydrogen-bond donors (Lipinski definition) is 2. The number of amides is 1. The Morgan fingerprint density at radius 2 is 1.96 bits per heavy atom. The van der Waals surface area contributed by atoms with Gasteiger partial charge in [0.1, 0.15) is 11.5 Å². The Bertz CT molecular complexity index is 952. The second kappa shape index (κ2) is 7.47. The predicted octanol–water partition coefficient (Wildman–Crippen LogP) is 3.16. The third kappa shape index (κ3) is 3.86. The number of aromatic nitrogens is 2. The van der Waals surface area contributed by atoms with Gasteiger partial charge in [-0.25, -0.2) is 4.79 Å². The molecule has 2 aromatic heterocycles. The smallest absolute Gasteiger partial charge is 0.339 e. The van der Waals surface area contributed by atoms with Crippen LogP contribution in [0.25, 0.3) is 0 Å². The maximum absolute atomic E-state index is 12.3. The molecule has 0 radical (unpaired) electrons. The van der Waals surface area contributed by atoms with Gasteiger partial charge in [0.15, 0.2) is 5.82 Å². The number of benzene rings is 1. The van der Waals surface area contributed by atoms with Gasteiger partial charge in [-0.2, -0.15) is 0 Å². The fourth-order valence-electron chi connectivity index (χ4n) is 2.27. The zero-order valence-electron chi connectivity index (χ0n) is 14.1. The van der Waals surface area contributed by atoms with Crippen LogP contribution in [-0.2, 0) is 4.74 Å². The van der Waals surface area contributed by atoms with Crippen molar-refractivity contribution in [3.05, 3.63) is 65.7 Å². The van der Waals surface area contributed by atoms with Crippen LogP contribution in [0, 0.1) is 6.92 Å². The molecule has 0 saturated heterocycles. The summed E-state index contributed by atoms with van der Waals surface area (Å²) in [5.41, 5.74) is 1.73. The number of ether oxygens (including phenoxy) is 1. The van der Waals surface area contributed by atoms with Crippen molar-refractivity contribution in [1.82, 2.24) is 10.1 Å². The highest BCUT2D eigenvalue weighted by atomic mass is 16.5. The van der Waals surface area contributed by atoms with Gasteiger partial charge in [0.25, 0.3) is 5.91 Å². The Labute approximate surface area is 149 Å². The zero-order chi connectivity index (χ0) is 18.5. The maximum Gasteiger partial charge on any atom is 0.339 e. The van der Waals surface area contributed by atoms with E-state index in [1.165, 1.54) is 13.3 Å². The number of rotatable bonds is 5. The molecule has 2 N–H and O–H groups in total. The predicted molar refractivity (Wildman–Crippen MR) is 94.5 cm³/mol. The van der Waals surface area contributed by atoms with Crippen molar-refractivity contribution in [2.45, 2.75) is 6.92 Å². The first-order valence-electron chi connectivity index (χ1n) is 7.72. The Morgan fingerprint density at radius 1 is 1.15 bits per heavy atom. The molecule has 26 heavy (non-hydrogen) atoms. The minimum atomic E-state index is -0.457. The molecule has 1 amide bonds. The molecule has 0 aliphatic carbocycles. The fourth-order valence-corrected chi connectivity index (χ4v) is 2.27. The monoisotopic (exact) mass is 352 g/mol. The van der Waals surface area contributed by atoms with Crippen molar-refractivity contribution in [1.29, 1.82) is 0 Å². The van der Waals surface area contributed by atoms with E-state index in [1.807, 2.05) is 0 Å². The van der Waals surface area contributed by atoms with Crippen molar-refractivity contribution in [3.8, 4) is 0 Å². The number of methoxy groups -OCH3 is 1. The molecule has 0 aliphatic heterocycles. The highest BCUT2D eigenvalue weighted by Crippen LogP contribution is 2.22. The highest BCUT2D eigenvalue weighted by molar-refractivity contribution is 6.03. The normalized spacial score (nSPS) is 10.2. The van der Waals surface area contributed by atoms with Crippen LogP contribution in [0.3, 0.4) is 0 Å². The quantitative estimate of drug-likeness (QED) is 0.679. The van der Waals surface area contributed by atoms with Gasteiger partial charge in [-0.3, -0.25) is 9.78 Å². The van der Waals surface area contributed by atoms with Crippen LogP contribution in [0.1, 0.15) is 26.6 Å². The van der Waals surface area contributed by atoms with E-state index < -0.39 is 11.9 Å². The van der Waals surface area contributed by atoms with Crippen molar-refractivity contribution < 1.29 is 18.8 Å². The number of carbonyl (C=O) groups excluding carboxylic acids is 2. The number of anilines is 3. The molecule has 8 nitrogen and oxygen atoms in total. The molecule has 0 spiro atoms. The Kier molecular flexibility index (Phi) is 4.93. The van der Waals surface area contributed by atoms with Crippen molar-refractivity contribution in [2.75, 3.05) is 17.7 Å². The average Bonchev–Trinajstić information content (AvgIpc) is 3.06. The van der Waals surface area contributed by atoms with E-state index in [1.54, 1.807) is 49.4 Å². The third-order valence-corrected chi connectivity index (χ3v) is 3.47. The van der Waals surface area contributed by atoms with Crippen LogP contribution in [0.4, 0.5) is 17.2 Å². The molecule has 132 valence electrons. The summed E-state index contributed by atoms with van der Waals surface area (Å²) in [5.74, 6) is 0.0107. The van der Waals surface area contributed by atoms with Crippen LogP contribution in [-0.4, -0.2) is 29.1 Å². The van der Waals surface area contributed by atoms with E-state index in [9.17, 15) is 9.59 Å². The zero-order valence-corrected chi connectivity index (χ0v) is 14.1. The minimum Gasteiger partial charge on any atom is -0.465 e.